The van der Waals surface area contributed by atoms with Crippen LogP contribution in [-0.4, -0.2) is 29.3 Å². The zero-order chi connectivity index (χ0) is 23.0. The normalized spacial score (nSPS) is 20.5. The number of carbonyl (C=O) groups excluding carboxylic acids is 3. The maximum Gasteiger partial charge on any atom is 0.325 e. The molecule has 0 bridgehead atoms. The monoisotopic (exact) mass is 463 g/mol. The summed E-state index contributed by atoms with van der Waals surface area (Å²) in [6, 6.07) is 16.2. The third kappa shape index (κ3) is 3.80. The number of rotatable bonds is 5. The maximum absolute atomic E-state index is 13.4. The Kier molecular flexibility index (Phi) is 5.46. The fraction of sp³-hybridized carbons (Fsp3) is 0.240. The van der Waals surface area contributed by atoms with Crippen molar-refractivity contribution >= 4 is 29.2 Å². The van der Waals surface area contributed by atoms with Gasteiger partial charge in [-0.1, -0.05) is 42.5 Å². The van der Waals surface area contributed by atoms with Gasteiger partial charge in [0.2, 0.25) is 5.91 Å². The molecule has 2 N–H and O–H groups in total. The summed E-state index contributed by atoms with van der Waals surface area (Å²) in [6.07, 6.45) is 2.12. The summed E-state index contributed by atoms with van der Waals surface area (Å²) in [7, 11) is 0. The van der Waals surface area contributed by atoms with E-state index in [4.69, 9.17) is 0 Å². The first-order valence-electron chi connectivity index (χ1n) is 10.8. The predicted molar refractivity (Wildman–Crippen MR) is 122 cm³/mol. The van der Waals surface area contributed by atoms with Crippen LogP contribution in [0, 0.1) is 5.82 Å². The number of hydrogen-bond donors (Lipinski definition) is 2. The number of halogens is 1. The fourth-order valence-corrected chi connectivity index (χ4v) is 5.54. The van der Waals surface area contributed by atoms with Crippen molar-refractivity contribution in [3.63, 3.8) is 0 Å². The van der Waals surface area contributed by atoms with E-state index in [0.717, 1.165) is 33.7 Å². The molecule has 0 saturated carbocycles. The Bertz CT molecular complexity index is 1210. The van der Waals surface area contributed by atoms with Gasteiger partial charge in [0.1, 0.15) is 17.9 Å². The van der Waals surface area contributed by atoms with Crippen molar-refractivity contribution < 1.29 is 18.8 Å². The predicted octanol–water partition coefficient (Wildman–Crippen LogP) is 3.88. The highest BCUT2D eigenvalue weighted by atomic mass is 32.1. The van der Waals surface area contributed by atoms with Gasteiger partial charge in [0.15, 0.2) is 0 Å². The molecular weight excluding hydrogens is 441 g/mol. The van der Waals surface area contributed by atoms with Crippen LogP contribution in [0.3, 0.4) is 0 Å². The van der Waals surface area contributed by atoms with Gasteiger partial charge in [-0.05, 0) is 59.5 Å². The summed E-state index contributed by atoms with van der Waals surface area (Å²) in [5, 5.41) is 7.66. The molecule has 1 aromatic heterocycles. The zero-order valence-corrected chi connectivity index (χ0v) is 18.5. The van der Waals surface area contributed by atoms with Gasteiger partial charge in [0, 0.05) is 4.88 Å². The van der Waals surface area contributed by atoms with E-state index in [0.29, 0.717) is 12.0 Å². The highest BCUT2D eigenvalue weighted by Crippen LogP contribution is 2.39. The van der Waals surface area contributed by atoms with Crippen molar-refractivity contribution in [1.82, 2.24) is 15.5 Å². The second kappa shape index (κ2) is 8.44. The lowest BCUT2D eigenvalue weighted by Gasteiger charge is -2.33. The van der Waals surface area contributed by atoms with Crippen LogP contribution < -0.4 is 10.6 Å². The zero-order valence-electron chi connectivity index (χ0n) is 17.7. The van der Waals surface area contributed by atoms with E-state index in [1.54, 1.807) is 12.1 Å². The molecule has 2 aliphatic rings. The average molecular weight is 464 g/mol. The number of benzene rings is 2. The maximum atomic E-state index is 13.4. The number of nitrogens with zero attached hydrogens (tertiary/aromatic N) is 1. The van der Waals surface area contributed by atoms with Gasteiger partial charge in [0.25, 0.3) is 5.91 Å². The van der Waals surface area contributed by atoms with Gasteiger partial charge in [-0.25, -0.2) is 9.18 Å². The lowest BCUT2D eigenvalue weighted by atomic mass is 9.76. The van der Waals surface area contributed by atoms with Crippen LogP contribution in [0.4, 0.5) is 9.18 Å². The number of carbonyl (C=O) groups is 3. The fourth-order valence-electron chi connectivity index (χ4n) is 4.73. The van der Waals surface area contributed by atoms with Crippen molar-refractivity contribution in [3.8, 4) is 0 Å². The summed E-state index contributed by atoms with van der Waals surface area (Å²) in [6.45, 7) is -0.391. The highest BCUT2D eigenvalue weighted by Gasteiger charge is 2.54. The molecular formula is C25H22FN3O3S. The molecule has 5 rings (SSSR count). The smallest absolute Gasteiger partial charge is 0.325 e. The average Bonchev–Trinajstić information content (AvgIpc) is 3.43. The molecule has 6 nitrogen and oxygen atoms in total. The van der Waals surface area contributed by atoms with Crippen molar-refractivity contribution in [3.05, 3.63) is 93.4 Å². The van der Waals surface area contributed by atoms with Gasteiger partial charge < -0.3 is 10.6 Å². The van der Waals surface area contributed by atoms with Gasteiger partial charge >= 0.3 is 6.03 Å². The molecule has 0 unspecified atom stereocenters. The molecule has 168 valence electrons. The topological polar surface area (TPSA) is 78.5 Å². The summed E-state index contributed by atoms with van der Waals surface area (Å²) < 4.78 is 13.4. The van der Waals surface area contributed by atoms with E-state index in [1.807, 2.05) is 41.8 Å². The molecule has 1 saturated heterocycles. The van der Waals surface area contributed by atoms with Gasteiger partial charge in [-0.2, -0.15) is 0 Å². The molecule has 1 aliphatic heterocycles. The Labute approximate surface area is 194 Å². The SMILES string of the molecule is O=C(CN1C(=O)N[C@]2(CCCc3ccccc32)C1=O)N[C@@H](c1ccc(F)cc1)c1cccs1. The third-order valence-corrected chi connectivity index (χ3v) is 7.23. The van der Waals surface area contributed by atoms with Crippen LogP contribution in [0.15, 0.2) is 66.0 Å². The van der Waals surface area contributed by atoms with E-state index in [2.05, 4.69) is 10.6 Å². The molecule has 8 heteroatoms. The van der Waals surface area contributed by atoms with E-state index in [-0.39, 0.29) is 5.82 Å². The molecule has 4 amide bonds. The van der Waals surface area contributed by atoms with Crippen molar-refractivity contribution in [1.29, 1.82) is 0 Å². The van der Waals surface area contributed by atoms with Crippen LogP contribution in [-0.2, 0) is 21.5 Å². The minimum Gasteiger partial charge on any atom is -0.343 e. The van der Waals surface area contributed by atoms with Crippen LogP contribution in [0.25, 0.3) is 0 Å². The molecule has 1 spiro atoms. The van der Waals surface area contributed by atoms with Gasteiger partial charge in [-0.3, -0.25) is 14.5 Å². The lowest BCUT2D eigenvalue weighted by Crippen LogP contribution is -2.47. The highest BCUT2D eigenvalue weighted by molar-refractivity contribution is 7.10. The summed E-state index contributed by atoms with van der Waals surface area (Å²) in [5.41, 5.74) is 1.44. The lowest BCUT2D eigenvalue weighted by molar-refractivity contribution is -0.135. The third-order valence-electron chi connectivity index (χ3n) is 6.29. The molecule has 2 heterocycles. The van der Waals surface area contributed by atoms with Crippen LogP contribution in [0.1, 0.15) is 40.5 Å². The second-order valence-electron chi connectivity index (χ2n) is 8.30. The molecule has 1 fully saturated rings. The Hall–Kier alpha value is -3.52. The Balaban J connectivity index is 1.37. The Morgan fingerprint density at radius 1 is 1.12 bits per heavy atom. The van der Waals surface area contributed by atoms with Crippen LogP contribution in [0.2, 0.25) is 0 Å². The summed E-state index contributed by atoms with van der Waals surface area (Å²) in [5.74, 6) is -1.24. The second-order valence-corrected chi connectivity index (χ2v) is 9.28. The molecule has 2 atom stereocenters. The standard InChI is InChI=1S/C25H22FN3O3S/c26-18-11-9-17(10-12-18)22(20-8-4-14-33-20)27-21(30)15-29-23(31)25(28-24(29)32)13-3-6-16-5-1-2-7-19(16)25/h1-2,4-5,7-12,14,22H,3,6,13,15H2,(H,27,30)(H,28,32)/t22-,25-/m0/s1. The number of urea groups is 1. The number of fused-ring (bicyclic) bond motifs is 2. The molecule has 1 aliphatic carbocycles. The Morgan fingerprint density at radius 3 is 2.67 bits per heavy atom. The van der Waals surface area contributed by atoms with E-state index >= 15 is 0 Å². The first-order valence-corrected chi connectivity index (χ1v) is 11.7. The number of aryl methyl sites for hydroxylation is 1. The quantitative estimate of drug-likeness (QED) is 0.564. The largest absolute Gasteiger partial charge is 0.343 e. The molecule has 2 aromatic carbocycles. The number of amides is 4. The van der Waals surface area contributed by atoms with E-state index < -0.39 is 36.0 Å². The van der Waals surface area contributed by atoms with Crippen molar-refractivity contribution in [2.24, 2.45) is 0 Å². The van der Waals surface area contributed by atoms with E-state index in [9.17, 15) is 18.8 Å². The first kappa shape index (κ1) is 21.3. The van der Waals surface area contributed by atoms with Crippen LogP contribution >= 0.6 is 11.3 Å². The minimum atomic E-state index is -1.11. The minimum absolute atomic E-state index is 0.368. The first-order chi connectivity index (χ1) is 16.0. The summed E-state index contributed by atoms with van der Waals surface area (Å²) in [4.78, 5) is 41.1. The van der Waals surface area contributed by atoms with Gasteiger partial charge in [0.05, 0.1) is 6.04 Å². The Morgan fingerprint density at radius 2 is 1.91 bits per heavy atom. The van der Waals surface area contributed by atoms with E-state index in [1.165, 1.54) is 23.5 Å². The van der Waals surface area contributed by atoms with Crippen molar-refractivity contribution in [2.75, 3.05) is 6.54 Å². The number of imide groups is 1. The molecule has 3 aromatic rings. The number of hydrogen-bond acceptors (Lipinski definition) is 4. The van der Waals surface area contributed by atoms with Crippen molar-refractivity contribution in [2.45, 2.75) is 30.8 Å². The van der Waals surface area contributed by atoms with Gasteiger partial charge in [-0.15, -0.1) is 11.3 Å². The number of nitrogens with one attached hydrogen (secondary N) is 2. The summed E-state index contributed by atoms with van der Waals surface area (Å²) >= 11 is 1.46. The molecule has 33 heavy (non-hydrogen) atoms. The van der Waals surface area contributed by atoms with Crippen LogP contribution in [0.5, 0.6) is 0 Å². The number of thiophene rings is 1. The molecule has 0 radical (unpaired) electrons.